The van der Waals surface area contributed by atoms with E-state index < -0.39 is 19.3 Å². The van der Waals surface area contributed by atoms with Gasteiger partial charge in [-0.3, -0.25) is 14.4 Å². The van der Waals surface area contributed by atoms with E-state index in [4.69, 9.17) is 13.8 Å². The first-order chi connectivity index (χ1) is 20.2. The molecular weight excluding hydrogens is 549 g/mol. The molecule has 0 bridgehead atoms. The fourth-order valence-electron chi connectivity index (χ4n) is 4.90. The van der Waals surface area contributed by atoms with Gasteiger partial charge in [-0.2, -0.15) is 0 Å². The summed E-state index contributed by atoms with van der Waals surface area (Å²) in [6, 6.07) is 38.3. The molecule has 0 spiro atoms. The number of rotatable bonds is 14. The number of nitrogens with one attached hydrogen (secondary N) is 1. The molecule has 2 atom stereocenters. The fraction of sp³-hybridized carbons (Fsp3) is 0.206. The highest BCUT2D eigenvalue weighted by Gasteiger charge is 2.37. The molecule has 2 N–H and O–H groups in total. The SMILES string of the molecule is C=C(C)C(=O)OCCOP(=O)(O)OCc1ccccc1C(C)NC(c1ccccc1)(c1ccccc1)c1ccccc1. The van der Waals surface area contributed by atoms with Crippen LogP contribution in [0.5, 0.6) is 0 Å². The van der Waals surface area contributed by atoms with Crippen LogP contribution in [0, 0.1) is 0 Å². The Kier molecular flexibility index (Phi) is 10.6. The van der Waals surface area contributed by atoms with E-state index in [0.29, 0.717) is 0 Å². The number of hydrogen-bond donors (Lipinski definition) is 2. The Labute approximate surface area is 247 Å². The highest BCUT2D eigenvalue weighted by molar-refractivity contribution is 7.47. The molecule has 8 heteroatoms. The highest BCUT2D eigenvalue weighted by atomic mass is 31.2. The van der Waals surface area contributed by atoms with Crippen molar-refractivity contribution in [3.8, 4) is 0 Å². The van der Waals surface area contributed by atoms with Crippen LogP contribution in [0.1, 0.15) is 47.7 Å². The predicted octanol–water partition coefficient (Wildman–Crippen LogP) is 7.08. The number of phosphoric ester groups is 1. The maximum Gasteiger partial charge on any atom is 0.472 e. The van der Waals surface area contributed by atoms with Crippen molar-refractivity contribution in [1.82, 2.24) is 5.32 Å². The zero-order valence-electron chi connectivity index (χ0n) is 23.8. The third kappa shape index (κ3) is 7.71. The minimum Gasteiger partial charge on any atom is -0.460 e. The Morgan fingerprint density at radius 2 is 1.29 bits per heavy atom. The van der Waals surface area contributed by atoms with Crippen molar-refractivity contribution in [2.45, 2.75) is 32.0 Å². The molecule has 0 saturated carbocycles. The van der Waals surface area contributed by atoms with Gasteiger partial charge in [0.25, 0.3) is 0 Å². The van der Waals surface area contributed by atoms with E-state index in [9.17, 15) is 14.3 Å². The van der Waals surface area contributed by atoms with Crippen molar-refractivity contribution in [3.05, 3.63) is 155 Å². The molecule has 0 heterocycles. The Bertz CT molecular complexity index is 1410. The summed E-state index contributed by atoms with van der Waals surface area (Å²) in [7, 11) is -4.41. The number of phosphoric acid groups is 1. The number of benzene rings is 4. The number of hydrogen-bond acceptors (Lipinski definition) is 6. The average molecular weight is 586 g/mol. The molecule has 0 aliphatic carbocycles. The Morgan fingerprint density at radius 1 is 0.810 bits per heavy atom. The maximum atomic E-state index is 12.6. The smallest absolute Gasteiger partial charge is 0.460 e. The minimum atomic E-state index is -4.41. The van der Waals surface area contributed by atoms with Crippen LogP contribution in [-0.4, -0.2) is 24.1 Å². The number of carbonyl (C=O) groups is 1. The second-order valence-corrected chi connectivity index (χ2v) is 11.4. The van der Waals surface area contributed by atoms with Gasteiger partial charge < -0.3 is 9.63 Å². The first kappa shape index (κ1) is 31.1. The summed E-state index contributed by atoms with van der Waals surface area (Å²) in [6.45, 7) is 6.42. The van der Waals surface area contributed by atoms with E-state index in [1.807, 2.05) is 78.9 Å². The summed E-state index contributed by atoms with van der Waals surface area (Å²) in [5.41, 5.74) is 4.38. The van der Waals surface area contributed by atoms with E-state index >= 15 is 0 Å². The van der Waals surface area contributed by atoms with E-state index in [-0.39, 0.29) is 31.4 Å². The zero-order chi connectivity index (χ0) is 30.0. The predicted molar refractivity (Wildman–Crippen MR) is 164 cm³/mol. The molecule has 4 aromatic rings. The van der Waals surface area contributed by atoms with E-state index in [1.54, 1.807) is 0 Å². The fourth-order valence-corrected chi connectivity index (χ4v) is 5.59. The van der Waals surface area contributed by atoms with Gasteiger partial charge in [0.05, 0.1) is 18.8 Å². The van der Waals surface area contributed by atoms with Crippen LogP contribution in [-0.2, 0) is 35.3 Å². The van der Waals surface area contributed by atoms with Crippen molar-refractivity contribution in [1.29, 1.82) is 0 Å². The lowest BCUT2D eigenvalue weighted by atomic mass is 9.76. The molecule has 4 aromatic carbocycles. The monoisotopic (exact) mass is 585 g/mol. The zero-order valence-corrected chi connectivity index (χ0v) is 24.7. The van der Waals surface area contributed by atoms with Gasteiger partial charge in [0.1, 0.15) is 6.61 Å². The van der Waals surface area contributed by atoms with Crippen molar-refractivity contribution >= 4 is 13.8 Å². The topological polar surface area (TPSA) is 94.1 Å². The van der Waals surface area contributed by atoms with Crippen LogP contribution >= 0.6 is 7.82 Å². The second kappa shape index (κ2) is 14.4. The van der Waals surface area contributed by atoms with Crippen molar-refractivity contribution < 1.29 is 28.0 Å². The average Bonchev–Trinajstić information content (AvgIpc) is 3.02. The van der Waals surface area contributed by atoms with Gasteiger partial charge in [0.15, 0.2) is 0 Å². The summed E-state index contributed by atoms with van der Waals surface area (Å²) in [6.07, 6.45) is 0. The van der Waals surface area contributed by atoms with Gasteiger partial charge >= 0.3 is 13.8 Å². The van der Waals surface area contributed by atoms with Gasteiger partial charge in [-0.1, -0.05) is 122 Å². The van der Waals surface area contributed by atoms with Gasteiger partial charge in [0, 0.05) is 11.6 Å². The molecule has 2 unspecified atom stereocenters. The number of carbonyl (C=O) groups excluding carboxylic acids is 1. The highest BCUT2D eigenvalue weighted by Crippen LogP contribution is 2.45. The van der Waals surface area contributed by atoms with Crippen LogP contribution in [0.15, 0.2) is 127 Å². The van der Waals surface area contributed by atoms with Crippen LogP contribution < -0.4 is 5.32 Å². The Balaban J connectivity index is 1.60. The van der Waals surface area contributed by atoms with Crippen LogP contribution in [0.25, 0.3) is 0 Å². The molecule has 0 aromatic heterocycles. The van der Waals surface area contributed by atoms with Crippen molar-refractivity contribution in [2.75, 3.05) is 13.2 Å². The molecule has 0 aliphatic rings. The van der Waals surface area contributed by atoms with E-state index in [2.05, 4.69) is 55.2 Å². The third-order valence-corrected chi connectivity index (χ3v) is 7.84. The van der Waals surface area contributed by atoms with Crippen LogP contribution in [0.2, 0.25) is 0 Å². The second-order valence-electron chi connectivity index (χ2n) is 9.90. The molecule has 42 heavy (non-hydrogen) atoms. The molecule has 0 saturated heterocycles. The molecule has 218 valence electrons. The third-order valence-electron chi connectivity index (χ3n) is 6.88. The molecule has 0 amide bonds. The van der Waals surface area contributed by atoms with Gasteiger partial charge in [-0.05, 0) is 41.7 Å². The van der Waals surface area contributed by atoms with Gasteiger partial charge in [0.2, 0.25) is 0 Å². The standard InChI is InChI=1S/C34H36NO6P/c1-26(2)33(36)39-23-24-40-42(37,38)41-25-28-15-13-14-22-32(28)27(3)35-34(29-16-7-4-8-17-29,30-18-9-5-10-19-30)31-20-11-6-12-21-31/h4-22,27,35H,1,23-25H2,2-3H3,(H,37,38). The van der Waals surface area contributed by atoms with Gasteiger partial charge in [-0.25, -0.2) is 9.36 Å². The lowest BCUT2D eigenvalue weighted by Crippen LogP contribution is -2.46. The quantitative estimate of drug-likeness (QED) is 0.0537. The summed E-state index contributed by atoms with van der Waals surface area (Å²) in [4.78, 5) is 21.8. The molecular formula is C34H36NO6P. The molecule has 7 nitrogen and oxygen atoms in total. The summed E-state index contributed by atoms with van der Waals surface area (Å²) in [5, 5.41) is 3.92. The Morgan fingerprint density at radius 3 is 1.79 bits per heavy atom. The summed E-state index contributed by atoms with van der Waals surface area (Å²) in [5.74, 6) is -0.597. The lowest BCUT2D eigenvalue weighted by Gasteiger charge is -2.40. The first-order valence-corrected chi connectivity index (χ1v) is 15.2. The normalized spacial score (nSPS) is 13.6. The Hall–Kier alpha value is -3.84. The summed E-state index contributed by atoms with van der Waals surface area (Å²) < 4.78 is 27.8. The van der Waals surface area contributed by atoms with Crippen molar-refractivity contribution in [3.63, 3.8) is 0 Å². The van der Waals surface area contributed by atoms with Crippen LogP contribution in [0.3, 0.4) is 0 Å². The van der Waals surface area contributed by atoms with Crippen molar-refractivity contribution in [2.24, 2.45) is 0 Å². The largest absolute Gasteiger partial charge is 0.472 e. The minimum absolute atomic E-state index is 0.156. The van der Waals surface area contributed by atoms with Crippen LogP contribution in [0.4, 0.5) is 0 Å². The maximum absolute atomic E-state index is 12.6. The molecule has 4 rings (SSSR count). The molecule has 0 radical (unpaired) electrons. The molecule has 0 fully saturated rings. The van der Waals surface area contributed by atoms with Gasteiger partial charge in [-0.15, -0.1) is 0 Å². The number of ether oxygens (including phenoxy) is 1. The lowest BCUT2D eigenvalue weighted by molar-refractivity contribution is -0.139. The summed E-state index contributed by atoms with van der Waals surface area (Å²) >= 11 is 0. The van der Waals surface area contributed by atoms with E-state index in [0.717, 1.165) is 27.8 Å². The van der Waals surface area contributed by atoms with E-state index in [1.165, 1.54) is 6.92 Å². The first-order valence-electron chi connectivity index (χ1n) is 13.7. The number of esters is 1. The molecule has 0 aliphatic heterocycles.